The summed E-state index contributed by atoms with van der Waals surface area (Å²) in [6.45, 7) is 37.4. The van der Waals surface area contributed by atoms with Gasteiger partial charge in [-0.1, -0.05) is 62.3 Å². The second-order valence-corrected chi connectivity index (χ2v) is 30.2. The van der Waals surface area contributed by atoms with Gasteiger partial charge in [-0.3, -0.25) is 0 Å². The van der Waals surface area contributed by atoms with Gasteiger partial charge in [-0.2, -0.15) is 0 Å². The van der Waals surface area contributed by atoms with Gasteiger partial charge in [0.1, 0.15) is 12.2 Å². The lowest BCUT2D eigenvalue weighted by Crippen LogP contribution is -2.59. The molecule has 1 heterocycles. The summed E-state index contributed by atoms with van der Waals surface area (Å²) < 4.78 is 38.8. The van der Waals surface area contributed by atoms with E-state index in [1.165, 1.54) is 7.11 Å². The van der Waals surface area contributed by atoms with E-state index in [4.69, 9.17) is 27.5 Å². The fraction of sp³-hybridized carbons (Fsp3) is 0.964. The highest BCUT2D eigenvalue weighted by atomic mass is 28.4. The fourth-order valence-electron chi connectivity index (χ4n) is 3.46. The van der Waals surface area contributed by atoms with Crippen LogP contribution in [0, 0.1) is 0 Å². The first-order valence-corrected chi connectivity index (χ1v) is 22.7. The molecule has 0 N–H and O–H groups in total. The Morgan fingerprint density at radius 2 is 1.18 bits per heavy atom. The molecule has 0 aromatic rings. The zero-order valence-electron chi connectivity index (χ0n) is 27.9. The quantitative estimate of drug-likeness (QED) is 0.192. The van der Waals surface area contributed by atoms with Crippen LogP contribution in [0.1, 0.15) is 76.2 Å². The number of esters is 1. The van der Waals surface area contributed by atoms with Gasteiger partial charge < -0.3 is 27.5 Å². The van der Waals surface area contributed by atoms with E-state index >= 15 is 0 Å². The van der Waals surface area contributed by atoms with Crippen LogP contribution in [0.3, 0.4) is 0 Å². The SMILES string of the molecule is COC(=O)[C@H]1OC(C)(C)O[C@H]1[C@H](O[Si](C)(C)C(C)(C)C)[C@@H](CO[Si](C)(C)C(C)(C)C)O[Si](C)(C)C(C)(C)C. The van der Waals surface area contributed by atoms with Gasteiger partial charge in [0.05, 0.1) is 19.8 Å². The van der Waals surface area contributed by atoms with Crippen LogP contribution in [-0.2, 0) is 32.3 Å². The van der Waals surface area contributed by atoms with Crippen molar-refractivity contribution in [3.63, 3.8) is 0 Å². The third-order valence-corrected chi connectivity index (χ3v) is 22.6. The standard InChI is InChI=1S/C28H60O7Si3/c1-25(2,3)36(13,14)31-19-20(34-37(15,16)26(4,5)6)21(35-38(17,18)27(7,8)9)22-23(24(29)30-12)33-28(10,11)32-22/h20-23H,19H2,1-18H3/t20-,21-,22+,23+/m1/s1. The molecule has 1 aliphatic rings. The zero-order chi connectivity index (χ0) is 30.3. The highest BCUT2D eigenvalue weighted by Crippen LogP contribution is 2.44. The second-order valence-electron chi connectivity index (χ2n) is 15.9. The third-order valence-electron chi connectivity index (χ3n) is 9.16. The number of carbonyl (C=O) groups is 1. The summed E-state index contributed by atoms with van der Waals surface area (Å²) in [7, 11) is -5.37. The van der Waals surface area contributed by atoms with Gasteiger partial charge in [0.2, 0.25) is 0 Å². The lowest BCUT2D eigenvalue weighted by molar-refractivity contribution is -0.170. The molecule has 0 unspecified atom stereocenters. The zero-order valence-corrected chi connectivity index (χ0v) is 30.9. The Balaban J connectivity index is 3.74. The molecule has 226 valence electrons. The van der Waals surface area contributed by atoms with Crippen LogP contribution in [0.2, 0.25) is 54.4 Å². The number of rotatable bonds is 10. The van der Waals surface area contributed by atoms with Crippen molar-refractivity contribution in [3.05, 3.63) is 0 Å². The molecule has 0 spiro atoms. The molecule has 1 fully saturated rings. The molecule has 1 rings (SSSR count). The number of hydrogen-bond acceptors (Lipinski definition) is 7. The van der Waals surface area contributed by atoms with E-state index in [-0.39, 0.29) is 15.1 Å². The average molecular weight is 593 g/mol. The van der Waals surface area contributed by atoms with E-state index in [1.807, 2.05) is 13.8 Å². The number of hydrogen-bond donors (Lipinski definition) is 0. The molecule has 0 aromatic heterocycles. The first-order chi connectivity index (χ1) is 16.6. The minimum absolute atomic E-state index is 0.0300. The molecule has 38 heavy (non-hydrogen) atoms. The third kappa shape index (κ3) is 8.71. The van der Waals surface area contributed by atoms with Crippen molar-refractivity contribution in [2.24, 2.45) is 0 Å². The van der Waals surface area contributed by atoms with E-state index in [0.29, 0.717) is 6.61 Å². The fourth-order valence-corrected chi connectivity index (χ4v) is 7.10. The normalized spacial score (nSPS) is 23.3. The van der Waals surface area contributed by atoms with Gasteiger partial charge >= 0.3 is 5.97 Å². The molecule has 0 amide bonds. The van der Waals surface area contributed by atoms with Crippen molar-refractivity contribution in [1.82, 2.24) is 0 Å². The van der Waals surface area contributed by atoms with Crippen molar-refractivity contribution >= 4 is 30.9 Å². The minimum Gasteiger partial charge on any atom is -0.467 e. The summed E-state index contributed by atoms with van der Waals surface area (Å²) in [5.74, 6) is -1.44. The predicted molar refractivity (Wildman–Crippen MR) is 163 cm³/mol. The van der Waals surface area contributed by atoms with Gasteiger partial charge in [-0.25, -0.2) is 4.79 Å². The Morgan fingerprint density at radius 3 is 1.58 bits per heavy atom. The van der Waals surface area contributed by atoms with E-state index in [2.05, 4.69) is 102 Å². The van der Waals surface area contributed by atoms with Gasteiger partial charge in [0, 0.05) is 0 Å². The van der Waals surface area contributed by atoms with E-state index in [9.17, 15) is 4.79 Å². The second kappa shape index (κ2) is 11.7. The van der Waals surface area contributed by atoms with Crippen LogP contribution in [0.25, 0.3) is 0 Å². The van der Waals surface area contributed by atoms with Crippen LogP contribution in [-0.4, -0.2) is 74.8 Å². The lowest BCUT2D eigenvalue weighted by atomic mass is 10.0. The van der Waals surface area contributed by atoms with Crippen molar-refractivity contribution in [1.29, 1.82) is 0 Å². The maximum Gasteiger partial charge on any atom is 0.337 e. The molecule has 7 nitrogen and oxygen atoms in total. The largest absolute Gasteiger partial charge is 0.467 e. The van der Waals surface area contributed by atoms with Crippen molar-refractivity contribution in [3.8, 4) is 0 Å². The van der Waals surface area contributed by atoms with Crippen LogP contribution in [0.5, 0.6) is 0 Å². The predicted octanol–water partition coefficient (Wildman–Crippen LogP) is 7.48. The molecule has 10 heteroatoms. The van der Waals surface area contributed by atoms with Crippen LogP contribution < -0.4 is 0 Å². The van der Waals surface area contributed by atoms with Gasteiger partial charge in [-0.05, 0) is 68.2 Å². The molecule has 0 aromatic carbocycles. The van der Waals surface area contributed by atoms with Crippen LogP contribution >= 0.6 is 0 Å². The summed E-state index contributed by atoms with van der Waals surface area (Å²) >= 11 is 0. The monoisotopic (exact) mass is 592 g/mol. The van der Waals surface area contributed by atoms with E-state index in [0.717, 1.165) is 0 Å². The van der Waals surface area contributed by atoms with Crippen LogP contribution in [0.4, 0.5) is 0 Å². The maximum atomic E-state index is 13.0. The summed E-state index contributed by atoms with van der Waals surface area (Å²) in [6.07, 6.45) is -2.66. The highest BCUT2D eigenvalue weighted by Gasteiger charge is 2.56. The highest BCUT2D eigenvalue weighted by molar-refractivity contribution is 6.75. The average Bonchev–Trinajstić information content (AvgIpc) is 3.01. The topological polar surface area (TPSA) is 72.5 Å². The summed E-state index contributed by atoms with van der Waals surface area (Å²) in [6, 6.07) is 0. The molecular formula is C28H60O7Si3. The van der Waals surface area contributed by atoms with E-state index in [1.54, 1.807) is 0 Å². The Kier molecular flexibility index (Phi) is 11.0. The molecule has 1 aliphatic heterocycles. The van der Waals surface area contributed by atoms with Gasteiger partial charge in [0.25, 0.3) is 0 Å². The first kappa shape index (κ1) is 35.9. The Bertz CT molecular complexity index is 805. The van der Waals surface area contributed by atoms with Crippen molar-refractivity contribution < 1.29 is 32.3 Å². The molecule has 0 radical (unpaired) electrons. The van der Waals surface area contributed by atoms with Gasteiger partial charge in [0.15, 0.2) is 36.8 Å². The molecule has 0 saturated carbocycles. The maximum absolute atomic E-state index is 13.0. The summed E-state index contributed by atoms with van der Waals surface area (Å²) in [4.78, 5) is 13.0. The molecular weight excluding hydrogens is 533 g/mol. The molecule has 1 saturated heterocycles. The number of carbonyl (C=O) groups excluding carboxylic acids is 1. The number of methoxy groups -OCH3 is 1. The summed E-state index contributed by atoms with van der Waals surface area (Å²) in [5.41, 5.74) is 0. The summed E-state index contributed by atoms with van der Waals surface area (Å²) in [5, 5.41) is -0.0611. The number of ether oxygens (including phenoxy) is 3. The Labute approximate surface area is 237 Å². The molecule has 4 atom stereocenters. The Morgan fingerprint density at radius 1 is 0.763 bits per heavy atom. The Hall–Kier alpha value is -0.0794. The van der Waals surface area contributed by atoms with Crippen LogP contribution in [0.15, 0.2) is 0 Å². The first-order valence-electron chi connectivity index (χ1n) is 14.0. The molecule has 0 bridgehead atoms. The van der Waals surface area contributed by atoms with Crippen molar-refractivity contribution in [2.45, 2.75) is 161 Å². The lowest BCUT2D eigenvalue weighted by Gasteiger charge is -2.47. The smallest absolute Gasteiger partial charge is 0.337 e. The van der Waals surface area contributed by atoms with Gasteiger partial charge in [-0.15, -0.1) is 0 Å². The van der Waals surface area contributed by atoms with E-state index < -0.39 is 61.1 Å². The molecule has 0 aliphatic carbocycles. The van der Waals surface area contributed by atoms with Crippen molar-refractivity contribution in [2.75, 3.05) is 13.7 Å². The minimum atomic E-state index is -2.35.